The second-order valence-electron chi connectivity index (χ2n) is 27.1. The highest BCUT2D eigenvalue weighted by Gasteiger charge is 2.30. The van der Waals surface area contributed by atoms with Crippen LogP contribution in [0.1, 0.15) is 344 Å². The molecule has 0 aliphatic heterocycles. The zero-order chi connectivity index (χ0) is 68.0. The van der Waals surface area contributed by atoms with Crippen LogP contribution in [-0.2, 0) is 65.4 Å². The van der Waals surface area contributed by atoms with E-state index in [9.17, 15) is 43.2 Å². The minimum absolute atomic E-state index is 0.0997. The maximum Gasteiger partial charge on any atom is 0.472 e. The van der Waals surface area contributed by atoms with Crippen LogP contribution in [-0.4, -0.2) is 96.7 Å². The van der Waals surface area contributed by atoms with E-state index in [-0.39, 0.29) is 25.7 Å². The molecule has 0 heterocycles. The number of carbonyl (C=O) groups excluding carboxylic acids is 4. The van der Waals surface area contributed by atoms with Crippen LogP contribution in [0.4, 0.5) is 0 Å². The van der Waals surface area contributed by atoms with Gasteiger partial charge < -0.3 is 33.8 Å². The summed E-state index contributed by atoms with van der Waals surface area (Å²) in [6.07, 6.45) is 50.9. The van der Waals surface area contributed by atoms with Crippen LogP contribution < -0.4 is 0 Å². The van der Waals surface area contributed by atoms with Gasteiger partial charge in [0.25, 0.3) is 0 Å². The molecule has 0 saturated carbocycles. The first-order valence-corrected chi connectivity index (χ1v) is 40.2. The molecule has 0 aromatic heterocycles. The fourth-order valence-electron chi connectivity index (χ4n) is 10.5. The molecule has 2 unspecified atom stereocenters. The fraction of sp³-hybridized carbons (Fsp3) is 0.890. The second-order valence-corrected chi connectivity index (χ2v) is 30.0. The molecule has 0 aliphatic rings. The van der Waals surface area contributed by atoms with Crippen LogP contribution in [0.5, 0.6) is 0 Å². The first-order valence-electron chi connectivity index (χ1n) is 37.2. The molecule has 19 heteroatoms. The molecule has 0 fully saturated rings. The lowest BCUT2D eigenvalue weighted by atomic mass is 10.0. The largest absolute Gasteiger partial charge is 0.472 e. The van der Waals surface area contributed by atoms with E-state index in [1.165, 1.54) is 128 Å². The summed E-state index contributed by atoms with van der Waals surface area (Å²) in [5.41, 5.74) is 0. The Hall–Kier alpha value is -2.46. The Balaban J connectivity index is 5.28. The Morgan fingerprint density at radius 3 is 0.880 bits per heavy atom. The van der Waals surface area contributed by atoms with E-state index in [0.717, 1.165) is 127 Å². The summed E-state index contributed by atoms with van der Waals surface area (Å²) < 4.78 is 68.3. The van der Waals surface area contributed by atoms with E-state index in [1.54, 1.807) is 0 Å². The van der Waals surface area contributed by atoms with Crippen molar-refractivity contribution >= 4 is 39.5 Å². The van der Waals surface area contributed by atoms with Crippen molar-refractivity contribution in [3.8, 4) is 0 Å². The third-order valence-corrected chi connectivity index (χ3v) is 18.2. The summed E-state index contributed by atoms with van der Waals surface area (Å²) >= 11 is 0. The van der Waals surface area contributed by atoms with Crippen molar-refractivity contribution in [3.63, 3.8) is 0 Å². The first-order chi connectivity index (χ1) is 44.2. The molecule has 542 valence electrons. The number of phosphoric acid groups is 2. The van der Waals surface area contributed by atoms with Crippen molar-refractivity contribution in [3.05, 3.63) is 24.3 Å². The number of ether oxygens (including phenoxy) is 4. The Morgan fingerprint density at radius 2 is 0.587 bits per heavy atom. The number of hydrogen-bond acceptors (Lipinski definition) is 15. The molecule has 0 aromatic rings. The van der Waals surface area contributed by atoms with Gasteiger partial charge in [-0.25, -0.2) is 9.13 Å². The Morgan fingerprint density at radius 1 is 0.337 bits per heavy atom. The molecule has 0 bridgehead atoms. The molecule has 0 amide bonds. The Kier molecular flexibility index (Phi) is 61.6. The third kappa shape index (κ3) is 66.2. The Bertz CT molecular complexity index is 1890. The van der Waals surface area contributed by atoms with E-state index in [2.05, 4.69) is 72.8 Å². The fourth-order valence-corrected chi connectivity index (χ4v) is 12.1. The summed E-state index contributed by atoms with van der Waals surface area (Å²) in [5.74, 6) is 0.0417. The summed E-state index contributed by atoms with van der Waals surface area (Å²) in [7, 11) is -9.92. The van der Waals surface area contributed by atoms with Gasteiger partial charge in [0.15, 0.2) is 12.2 Å². The van der Waals surface area contributed by atoms with Crippen molar-refractivity contribution in [2.75, 3.05) is 39.6 Å². The van der Waals surface area contributed by atoms with Crippen molar-refractivity contribution < 1.29 is 80.2 Å². The van der Waals surface area contributed by atoms with Crippen molar-refractivity contribution in [1.29, 1.82) is 0 Å². The number of aliphatic hydroxyl groups is 1. The van der Waals surface area contributed by atoms with Gasteiger partial charge >= 0.3 is 39.5 Å². The van der Waals surface area contributed by atoms with E-state index < -0.39 is 97.5 Å². The van der Waals surface area contributed by atoms with Crippen LogP contribution in [0.3, 0.4) is 0 Å². The number of hydrogen-bond donors (Lipinski definition) is 3. The first kappa shape index (κ1) is 89.5. The summed E-state index contributed by atoms with van der Waals surface area (Å²) in [6, 6.07) is 0. The van der Waals surface area contributed by atoms with Gasteiger partial charge in [-0.3, -0.25) is 37.3 Å². The maximum atomic E-state index is 13.0. The normalized spacial score (nSPS) is 14.3. The smallest absolute Gasteiger partial charge is 0.462 e. The number of unbranched alkanes of at least 4 members (excludes halogenated alkanes) is 34. The van der Waals surface area contributed by atoms with Gasteiger partial charge in [0.05, 0.1) is 26.4 Å². The number of rotatable bonds is 69. The molecule has 0 radical (unpaired) electrons. The molecule has 0 saturated heterocycles. The average Bonchev–Trinajstić information content (AvgIpc) is 1.40. The van der Waals surface area contributed by atoms with Crippen LogP contribution >= 0.6 is 15.6 Å². The highest BCUT2D eigenvalue weighted by molar-refractivity contribution is 7.47. The molecule has 0 aromatic carbocycles. The molecular weight excluding hydrogens is 1210 g/mol. The highest BCUT2D eigenvalue weighted by atomic mass is 31.2. The molecule has 0 rings (SSSR count). The summed E-state index contributed by atoms with van der Waals surface area (Å²) in [5, 5.41) is 10.6. The van der Waals surface area contributed by atoms with Gasteiger partial charge in [-0.1, -0.05) is 291 Å². The molecule has 0 spiro atoms. The number of aliphatic hydroxyl groups excluding tert-OH is 1. The topological polar surface area (TPSA) is 237 Å². The molecular formula is C73H138O17P2. The van der Waals surface area contributed by atoms with Gasteiger partial charge in [0, 0.05) is 25.7 Å². The molecule has 0 aliphatic carbocycles. The highest BCUT2D eigenvalue weighted by Crippen LogP contribution is 2.45. The van der Waals surface area contributed by atoms with Crippen molar-refractivity contribution in [2.45, 2.75) is 362 Å². The summed E-state index contributed by atoms with van der Waals surface area (Å²) in [4.78, 5) is 72.6. The van der Waals surface area contributed by atoms with Crippen LogP contribution in [0.2, 0.25) is 0 Å². The lowest BCUT2D eigenvalue weighted by Gasteiger charge is -2.21. The minimum Gasteiger partial charge on any atom is -0.462 e. The summed E-state index contributed by atoms with van der Waals surface area (Å²) in [6.45, 7) is 11.7. The Labute approximate surface area is 561 Å². The van der Waals surface area contributed by atoms with Crippen LogP contribution in [0.25, 0.3) is 0 Å². The van der Waals surface area contributed by atoms with Crippen molar-refractivity contribution in [1.82, 2.24) is 0 Å². The number of carbonyl (C=O) groups is 4. The monoisotopic (exact) mass is 1350 g/mol. The zero-order valence-electron chi connectivity index (χ0n) is 59.5. The second kappa shape index (κ2) is 63.3. The average molecular weight is 1350 g/mol. The standard InChI is InChI=1S/C73H138O17P2/c1-8-9-10-11-12-13-14-15-16-19-22-27-32-40-47-54-70(75)83-60-68(89-72(77)56-49-42-33-28-23-20-17-18-21-25-30-37-44-51-64(2)3)62-87-91(79,80)85-58-67(74)59-86-92(81,82)88-63-69(61-84-71(76)55-48-41-36-35-39-46-53-66(6)7)90-73(78)57-50-43-34-29-24-26-31-38-45-52-65(4)5/h13-16,64-69,74H,8-12,17-63H2,1-7H3,(H,79,80)(H,81,82)/b14-13-,16-15-/t67-,68-,69-/m1/s1. The minimum atomic E-state index is -4.96. The number of esters is 4. The van der Waals surface area contributed by atoms with Crippen LogP contribution in [0.15, 0.2) is 24.3 Å². The number of allylic oxidation sites excluding steroid dienone is 4. The van der Waals surface area contributed by atoms with Gasteiger partial charge in [-0.05, 0) is 69.1 Å². The van der Waals surface area contributed by atoms with Gasteiger partial charge in [-0.15, -0.1) is 0 Å². The predicted octanol–water partition coefficient (Wildman–Crippen LogP) is 20.6. The van der Waals surface area contributed by atoms with E-state index in [1.807, 2.05) is 0 Å². The molecule has 92 heavy (non-hydrogen) atoms. The lowest BCUT2D eigenvalue weighted by Crippen LogP contribution is -2.30. The van der Waals surface area contributed by atoms with Crippen LogP contribution in [0, 0.1) is 17.8 Å². The zero-order valence-corrected chi connectivity index (χ0v) is 61.3. The van der Waals surface area contributed by atoms with Gasteiger partial charge in [0.2, 0.25) is 0 Å². The number of phosphoric ester groups is 2. The third-order valence-electron chi connectivity index (χ3n) is 16.3. The maximum absolute atomic E-state index is 13.0. The van der Waals surface area contributed by atoms with E-state index >= 15 is 0 Å². The molecule has 3 N–H and O–H groups in total. The van der Waals surface area contributed by atoms with Gasteiger partial charge in [-0.2, -0.15) is 0 Å². The van der Waals surface area contributed by atoms with E-state index in [0.29, 0.717) is 31.6 Å². The quantitative estimate of drug-likeness (QED) is 0.0169. The molecule has 17 nitrogen and oxygen atoms in total. The SMILES string of the molecule is CCCCCC/C=C\C=C/CCCCCCCC(=O)OC[C@H](COP(=O)(O)OC[C@@H](O)COP(=O)(O)OC[C@@H](COC(=O)CCCCCCCCC(C)C)OC(=O)CCCCCCCCCCCC(C)C)OC(=O)CCCCCCCCCCCCCCCC(C)C. The van der Waals surface area contributed by atoms with E-state index in [4.69, 9.17) is 37.0 Å². The van der Waals surface area contributed by atoms with Crippen molar-refractivity contribution in [2.24, 2.45) is 17.8 Å². The molecule has 5 atom stereocenters. The van der Waals surface area contributed by atoms with Gasteiger partial charge in [0.1, 0.15) is 19.3 Å². The predicted molar refractivity (Wildman–Crippen MR) is 372 cm³/mol. The lowest BCUT2D eigenvalue weighted by molar-refractivity contribution is -0.161.